The van der Waals surface area contributed by atoms with Crippen molar-refractivity contribution < 1.29 is 4.42 Å². The van der Waals surface area contributed by atoms with Crippen molar-refractivity contribution in [2.45, 2.75) is 17.7 Å². The van der Waals surface area contributed by atoms with Gasteiger partial charge in [-0.25, -0.2) is 9.78 Å². The van der Waals surface area contributed by atoms with Crippen LogP contribution in [0, 0.1) is 6.92 Å². The quantitative estimate of drug-likeness (QED) is 0.529. The van der Waals surface area contributed by atoms with Gasteiger partial charge in [0.1, 0.15) is 5.58 Å². The molecular formula is C16H12ClNO2S. The summed E-state index contributed by atoms with van der Waals surface area (Å²) < 4.78 is 5.25. The summed E-state index contributed by atoms with van der Waals surface area (Å²) in [6.45, 7) is 1.89. The maximum Gasteiger partial charge on any atom is 0.336 e. The highest BCUT2D eigenvalue weighted by Gasteiger charge is 2.09. The molecule has 1 aromatic carbocycles. The minimum atomic E-state index is -0.346. The molecule has 0 saturated carbocycles. The number of rotatable bonds is 3. The molecule has 0 bridgehead atoms. The fourth-order valence-electron chi connectivity index (χ4n) is 2.05. The topological polar surface area (TPSA) is 43.1 Å². The Labute approximate surface area is 131 Å². The monoisotopic (exact) mass is 317 g/mol. The van der Waals surface area contributed by atoms with Crippen LogP contribution in [-0.4, -0.2) is 4.98 Å². The van der Waals surface area contributed by atoms with E-state index in [1.54, 1.807) is 24.0 Å². The predicted octanol–water partition coefficient (Wildman–Crippen LogP) is 4.44. The third kappa shape index (κ3) is 3.12. The summed E-state index contributed by atoms with van der Waals surface area (Å²) in [5.74, 6) is 0.637. The van der Waals surface area contributed by atoms with Gasteiger partial charge in [0.2, 0.25) is 0 Å². The first-order valence-electron chi connectivity index (χ1n) is 6.40. The molecule has 0 spiro atoms. The molecule has 2 aromatic heterocycles. The molecule has 0 radical (unpaired) electrons. The average molecular weight is 318 g/mol. The van der Waals surface area contributed by atoms with Gasteiger partial charge in [-0.05, 0) is 42.3 Å². The first-order chi connectivity index (χ1) is 10.1. The van der Waals surface area contributed by atoms with Gasteiger partial charge in [0, 0.05) is 28.4 Å². The number of pyridine rings is 1. The standard InChI is InChI=1S/C16H12ClNO2S/c1-10-6-14-12(8-13(10)17)11(7-16(19)20-14)9-21-15-4-2-3-5-18-15/h2-8H,9H2,1H3. The molecule has 0 saturated heterocycles. The first kappa shape index (κ1) is 14.2. The third-order valence-electron chi connectivity index (χ3n) is 3.12. The smallest absolute Gasteiger partial charge is 0.336 e. The van der Waals surface area contributed by atoms with Crippen LogP contribution in [0.3, 0.4) is 0 Å². The van der Waals surface area contributed by atoms with Crippen molar-refractivity contribution in [1.29, 1.82) is 0 Å². The molecule has 0 aliphatic heterocycles. The van der Waals surface area contributed by atoms with Crippen LogP contribution in [-0.2, 0) is 5.75 Å². The Morgan fingerprint density at radius 1 is 1.29 bits per heavy atom. The predicted molar refractivity (Wildman–Crippen MR) is 86.0 cm³/mol. The lowest BCUT2D eigenvalue weighted by atomic mass is 10.1. The summed E-state index contributed by atoms with van der Waals surface area (Å²) in [4.78, 5) is 16.0. The molecule has 3 aromatic rings. The number of nitrogens with zero attached hydrogens (tertiary/aromatic N) is 1. The largest absolute Gasteiger partial charge is 0.423 e. The summed E-state index contributed by atoms with van der Waals surface area (Å²) in [6.07, 6.45) is 1.75. The highest BCUT2D eigenvalue weighted by atomic mass is 35.5. The van der Waals surface area contributed by atoms with E-state index >= 15 is 0 Å². The fraction of sp³-hybridized carbons (Fsp3) is 0.125. The minimum Gasteiger partial charge on any atom is -0.423 e. The summed E-state index contributed by atoms with van der Waals surface area (Å²) in [7, 11) is 0. The Hall–Kier alpha value is -1.78. The fourth-order valence-corrected chi connectivity index (χ4v) is 3.07. The summed E-state index contributed by atoms with van der Waals surface area (Å²) >= 11 is 7.75. The number of aryl methyl sites for hydroxylation is 1. The van der Waals surface area contributed by atoms with Crippen molar-refractivity contribution in [3.05, 3.63) is 69.2 Å². The number of halogens is 1. The summed E-state index contributed by atoms with van der Waals surface area (Å²) in [6, 6.07) is 10.9. The Morgan fingerprint density at radius 3 is 2.90 bits per heavy atom. The highest BCUT2D eigenvalue weighted by molar-refractivity contribution is 7.98. The number of fused-ring (bicyclic) bond motifs is 1. The van der Waals surface area contributed by atoms with Crippen molar-refractivity contribution in [2.24, 2.45) is 0 Å². The van der Waals surface area contributed by atoms with E-state index in [1.165, 1.54) is 6.07 Å². The molecule has 0 N–H and O–H groups in total. The maximum absolute atomic E-state index is 11.7. The molecule has 0 aliphatic rings. The molecule has 0 unspecified atom stereocenters. The lowest BCUT2D eigenvalue weighted by Crippen LogP contribution is -2.00. The van der Waals surface area contributed by atoms with Gasteiger partial charge in [0.05, 0.1) is 5.03 Å². The van der Waals surface area contributed by atoms with Crippen LogP contribution in [0.4, 0.5) is 0 Å². The van der Waals surface area contributed by atoms with Crippen molar-refractivity contribution >= 4 is 34.3 Å². The van der Waals surface area contributed by atoms with Crippen LogP contribution in [0.5, 0.6) is 0 Å². The lowest BCUT2D eigenvalue weighted by Gasteiger charge is -2.07. The van der Waals surface area contributed by atoms with Gasteiger partial charge in [-0.2, -0.15) is 0 Å². The molecule has 106 valence electrons. The second kappa shape index (κ2) is 5.92. The van der Waals surface area contributed by atoms with Gasteiger partial charge >= 0.3 is 5.63 Å². The minimum absolute atomic E-state index is 0.346. The van der Waals surface area contributed by atoms with Crippen LogP contribution >= 0.6 is 23.4 Å². The van der Waals surface area contributed by atoms with Crippen molar-refractivity contribution in [1.82, 2.24) is 4.98 Å². The number of aromatic nitrogens is 1. The Morgan fingerprint density at radius 2 is 2.14 bits per heavy atom. The van der Waals surface area contributed by atoms with Crippen molar-refractivity contribution in [3.63, 3.8) is 0 Å². The van der Waals surface area contributed by atoms with E-state index in [1.807, 2.05) is 31.2 Å². The van der Waals surface area contributed by atoms with Gasteiger partial charge in [-0.15, -0.1) is 11.8 Å². The van der Waals surface area contributed by atoms with E-state index in [0.717, 1.165) is 21.5 Å². The number of thioether (sulfide) groups is 1. The van der Waals surface area contributed by atoms with Crippen LogP contribution < -0.4 is 5.63 Å². The van der Waals surface area contributed by atoms with E-state index in [4.69, 9.17) is 16.0 Å². The molecule has 0 amide bonds. The molecule has 3 nitrogen and oxygen atoms in total. The van der Waals surface area contributed by atoms with Gasteiger partial charge in [0.25, 0.3) is 0 Å². The molecular weight excluding hydrogens is 306 g/mol. The summed E-state index contributed by atoms with van der Waals surface area (Å²) in [5.41, 5.74) is 2.02. The van der Waals surface area contributed by atoms with Gasteiger partial charge < -0.3 is 4.42 Å². The number of benzene rings is 1. The zero-order chi connectivity index (χ0) is 14.8. The zero-order valence-corrected chi connectivity index (χ0v) is 12.9. The van der Waals surface area contributed by atoms with E-state index in [-0.39, 0.29) is 5.63 Å². The Kier molecular flexibility index (Phi) is 3.99. The van der Waals surface area contributed by atoms with Gasteiger partial charge in [-0.3, -0.25) is 0 Å². The molecule has 3 rings (SSSR count). The second-order valence-corrected chi connectivity index (χ2v) is 6.05. The van der Waals surface area contributed by atoms with Crippen molar-refractivity contribution in [2.75, 3.05) is 0 Å². The SMILES string of the molecule is Cc1cc2oc(=O)cc(CSc3ccccn3)c2cc1Cl. The van der Waals surface area contributed by atoms with Crippen LogP contribution in [0.25, 0.3) is 11.0 Å². The Balaban J connectivity index is 2.01. The third-order valence-corrected chi connectivity index (χ3v) is 4.52. The van der Waals surface area contributed by atoms with E-state index in [9.17, 15) is 4.79 Å². The van der Waals surface area contributed by atoms with Crippen LogP contribution in [0.2, 0.25) is 5.02 Å². The summed E-state index contributed by atoms with van der Waals surface area (Å²) in [5, 5.41) is 2.45. The lowest BCUT2D eigenvalue weighted by molar-refractivity contribution is 0.559. The average Bonchev–Trinajstić information content (AvgIpc) is 2.48. The first-order valence-corrected chi connectivity index (χ1v) is 7.76. The van der Waals surface area contributed by atoms with E-state index in [2.05, 4.69) is 4.98 Å². The van der Waals surface area contributed by atoms with Gasteiger partial charge in [-0.1, -0.05) is 17.7 Å². The maximum atomic E-state index is 11.7. The number of hydrogen-bond donors (Lipinski definition) is 0. The zero-order valence-electron chi connectivity index (χ0n) is 11.3. The van der Waals surface area contributed by atoms with E-state index in [0.29, 0.717) is 16.4 Å². The Bertz CT molecular complexity index is 846. The van der Waals surface area contributed by atoms with E-state index < -0.39 is 0 Å². The molecule has 2 heterocycles. The molecule has 0 fully saturated rings. The van der Waals surface area contributed by atoms with Crippen molar-refractivity contribution in [3.8, 4) is 0 Å². The highest BCUT2D eigenvalue weighted by Crippen LogP contribution is 2.28. The molecule has 0 aliphatic carbocycles. The second-order valence-electron chi connectivity index (χ2n) is 4.64. The molecule has 21 heavy (non-hydrogen) atoms. The molecule has 5 heteroatoms. The normalized spacial score (nSPS) is 11.0. The van der Waals surface area contributed by atoms with Crippen LogP contribution in [0.15, 0.2) is 56.8 Å². The number of hydrogen-bond acceptors (Lipinski definition) is 4. The molecule has 0 atom stereocenters. The van der Waals surface area contributed by atoms with Crippen LogP contribution in [0.1, 0.15) is 11.1 Å². The van der Waals surface area contributed by atoms with Gasteiger partial charge in [0.15, 0.2) is 0 Å².